The van der Waals surface area contributed by atoms with Crippen molar-refractivity contribution in [2.75, 3.05) is 4.90 Å². The maximum atomic E-state index is 9.00. The van der Waals surface area contributed by atoms with Crippen LogP contribution in [0.4, 0.5) is 17.1 Å². The largest absolute Gasteiger partial charge is 0.539 e. The molecule has 0 atom stereocenters. The lowest BCUT2D eigenvalue weighted by Crippen LogP contribution is -2.10. The Bertz CT molecular complexity index is 967. The van der Waals surface area contributed by atoms with Crippen LogP contribution in [0.3, 0.4) is 0 Å². The SMILES string of the molecule is OBOc1ccc2c(N(c3ccccc3)c3ccccc3)cccc2c1. The summed E-state index contributed by atoms with van der Waals surface area (Å²) in [4.78, 5) is 2.24. The molecule has 0 saturated heterocycles. The number of fused-ring (bicyclic) bond motifs is 1. The van der Waals surface area contributed by atoms with E-state index < -0.39 is 0 Å². The first-order chi connectivity index (χ1) is 12.9. The minimum atomic E-state index is -0.328. The Morgan fingerprint density at radius 1 is 0.692 bits per heavy atom. The first-order valence-electron chi connectivity index (χ1n) is 8.53. The van der Waals surface area contributed by atoms with Crippen molar-refractivity contribution < 1.29 is 9.68 Å². The standard InChI is InChI=1S/C22H18BNO2/c25-23-26-20-14-15-21-17(16-20)8-7-13-22(21)24(18-9-3-1-4-10-18)19-11-5-2-6-12-19/h1-16,23,25H. The highest BCUT2D eigenvalue weighted by atomic mass is 16.5. The molecule has 3 nitrogen and oxygen atoms in total. The van der Waals surface area contributed by atoms with Gasteiger partial charge in [0, 0.05) is 16.8 Å². The zero-order chi connectivity index (χ0) is 17.8. The van der Waals surface area contributed by atoms with Gasteiger partial charge in [0.15, 0.2) is 0 Å². The predicted molar refractivity (Wildman–Crippen MR) is 109 cm³/mol. The average molecular weight is 339 g/mol. The van der Waals surface area contributed by atoms with E-state index in [0.717, 1.165) is 27.8 Å². The van der Waals surface area contributed by atoms with Gasteiger partial charge in [0.1, 0.15) is 5.75 Å². The normalized spacial score (nSPS) is 10.5. The molecule has 0 unspecified atom stereocenters. The molecule has 0 aliphatic heterocycles. The van der Waals surface area contributed by atoms with Crippen LogP contribution in [0.15, 0.2) is 97.1 Å². The minimum absolute atomic E-state index is 0.328. The molecule has 0 fully saturated rings. The number of anilines is 3. The fourth-order valence-corrected chi connectivity index (χ4v) is 3.19. The second kappa shape index (κ2) is 7.34. The third-order valence-electron chi connectivity index (χ3n) is 4.33. The van der Waals surface area contributed by atoms with Crippen LogP contribution >= 0.6 is 0 Å². The van der Waals surface area contributed by atoms with Gasteiger partial charge in [-0.3, -0.25) is 0 Å². The fourth-order valence-electron chi connectivity index (χ4n) is 3.19. The summed E-state index contributed by atoms with van der Waals surface area (Å²) in [5, 5.41) is 11.2. The van der Waals surface area contributed by atoms with Crippen LogP contribution < -0.4 is 9.55 Å². The Morgan fingerprint density at radius 3 is 1.96 bits per heavy atom. The van der Waals surface area contributed by atoms with Crippen LogP contribution in [-0.4, -0.2) is 12.7 Å². The highest BCUT2D eigenvalue weighted by Crippen LogP contribution is 2.39. The van der Waals surface area contributed by atoms with Gasteiger partial charge in [0.05, 0.1) is 5.69 Å². The predicted octanol–water partition coefficient (Wildman–Crippen LogP) is 4.95. The van der Waals surface area contributed by atoms with Crippen molar-refractivity contribution in [1.82, 2.24) is 0 Å². The van der Waals surface area contributed by atoms with Crippen LogP contribution in [0.5, 0.6) is 5.75 Å². The highest BCUT2D eigenvalue weighted by Gasteiger charge is 2.14. The molecule has 1 N–H and O–H groups in total. The number of para-hydroxylation sites is 2. The molecule has 0 spiro atoms. The van der Waals surface area contributed by atoms with Crippen LogP contribution in [-0.2, 0) is 0 Å². The van der Waals surface area contributed by atoms with Gasteiger partial charge in [-0.1, -0.05) is 48.5 Å². The molecule has 4 heteroatoms. The van der Waals surface area contributed by atoms with Gasteiger partial charge in [-0.15, -0.1) is 0 Å². The van der Waals surface area contributed by atoms with Gasteiger partial charge in [-0.05, 0) is 53.9 Å². The summed E-state index contributed by atoms with van der Waals surface area (Å²) < 4.78 is 5.23. The van der Waals surface area contributed by atoms with Gasteiger partial charge >= 0.3 is 7.69 Å². The molecule has 0 heterocycles. The lowest BCUT2D eigenvalue weighted by atomic mass is 10.1. The Labute approximate surface area is 153 Å². The van der Waals surface area contributed by atoms with Crippen molar-refractivity contribution in [3.63, 3.8) is 0 Å². The van der Waals surface area contributed by atoms with Crippen molar-refractivity contribution in [3.8, 4) is 5.75 Å². The molecular formula is C22H18BNO2. The van der Waals surface area contributed by atoms with Gasteiger partial charge in [-0.25, -0.2) is 0 Å². The smallest absolute Gasteiger partial charge is 0.504 e. The number of benzene rings is 4. The Balaban J connectivity index is 1.91. The number of hydrogen-bond acceptors (Lipinski definition) is 3. The topological polar surface area (TPSA) is 32.7 Å². The van der Waals surface area contributed by atoms with Crippen LogP contribution in [0.1, 0.15) is 0 Å². The van der Waals surface area contributed by atoms with E-state index in [1.165, 1.54) is 0 Å². The first-order valence-corrected chi connectivity index (χ1v) is 8.53. The summed E-state index contributed by atoms with van der Waals surface area (Å²) in [7, 11) is -0.328. The molecule has 4 rings (SSSR count). The maximum Gasteiger partial charge on any atom is 0.504 e. The number of rotatable bonds is 5. The summed E-state index contributed by atoms with van der Waals surface area (Å²) in [6.07, 6.45) is 0. The molecule has 0 aromatic heterocycles. The van der Waals surface area contributed by atoms with Crippen molar-refractivity contribution in [2.24, 2.45) is 0 Å². The second-order valence-corrected chi connectivity index (χ2v) is 5.94. The summed E-state index contributed by atoms with van der Waals surface area (Å²) in [6.45, 7) is 0. The van der Waals surface area contributed by atoms with Crippen molar-refractivity contribution >= 4 is 35.5 Å². The summed E-state index contributed by atoms with van der Waals surface area (Å²) >= 11 is 0. The molecule has 126 valence electrons. The lowest BCUT2D eigenvalue weighted by molar-refractivity contribution is 0.454. The molecule has 0 radical (unpaired) electrons. The van der Waals surface area contributed by atoms with Crippen LogP contribution in [0, 0.1) is 0 Å². The van der Waals surface area contributed by atoms with E-state index in [1.54, 1.807) is 0 Å². The van der Waals surface area contributed by atoms with E-state index >= 15 is 0 Å². The average Bonchev–Trinajstić information content (AvgIpc) is 2.70. The molecule has 4 aromatic carbocycles. The third kappa shape index (κ3) is 3.15. The van der Waals surface area contributed by atoms with Gasteiger partial charge in [-0.2, -0.15) is 0 Å². The molecule has 4 aromatic rings. The van der Waals surface area contributed by atoms with E-state index in [9.17, 15) is 0 Å². The second-order valence-electron chi connectivity index (χ2n) is 5.94. The van der Waals surface area contributed by atoms with Crippen molar-refractivity contribution in [1.29, 1.82) is 0 Å². The van der Waals surface area contributed by atoms with Crippen molar-refractivity contribution in [2.45, 2.75) is 0 Å². The Morgan fingerprint density at radius 2 is 1.35 bits per heavy atom. The van der Waals surface area contributed by atoms with E-state index in [-0.39, 0.29) is 7.69 Å². The van der Waals surface area contributed by atoms with E-state index in [4.69, 9.17) is 9.68 Å². The van der Waals surface area contributed by atoms with Crippen LogP contribution in [0.25, 0.3) is 10.8 Å². The van der Waals surface area contributed by atoms with Crippen LogP contribution in [0.2, 0.25) is 0 Å². The van der Waals surface area contributed by atoms with Crippen molar-refractivity contribution in [3.05, 3.63) is 97.1 Å². The quantitative estimate of drug-likeness (QED) is 0.522. The third-order valence-corrected chi connectivity index (χ3v) is 4.33. The van der Waals surface area contributed by atoms with Gasteiger partial charge in [0.2, 0.25) is 0 Å². The number of hydrogen-bond donors (Lipinski definition) is 1. The summed E-state index contributed by atoms with van der Waals surface area (Å²) in [5.74, 6) is 0.656. The fraction of sp³-hybridized carbons (Fsp3) is 0. The molecule has 0 amide bonds. The summed E-state index contributed by atoms with van der Waals surface area (Å²) in [5.41, 5.74) is 3.29. The Kier molecular flexibility index (Phi) is 4.58. The molecule has 0 aliphatic carbocycles. The van der Waals surface area contributed by atoms with E-state index in [1.807, 2.05) is 60.7 Å². The highest BCUT2D eigenvalue weighted by molar-refractivity contribution is 6.17. The molecule has 26 heavy (non-hydrogen) atoms. The molecule has 0 aliphatic rings. The maximum absolute atomic E-state index is 9.00. The van der Waals surface area contributed by atoms with Gasteiger partial charge in [0.25, 0.3) is 0 Å². The Hall–Kier alpha value is -3.24. The van der Waals surface area contributed by atoms with E-state index in [0.29, 0.717) is 5.75 Å². The first kappa shape index (κ1) is 16.2. The monoisotopic (exact) mass is 339 g/mol. The minimum Gasteiger partial charge on any atom is -0.539 e. The lowest BCUT2D eigenvalue weighted by Gasteiger charge is -2.26. The van der Waals surface area contributed by atoms with E-state index in [2.05, 4.69) is 41.3 Å². The zero-order valence-corrected chi connectivity index (χ0v) is 14.2. The molecule has 0 saturated carbocycles. The van der Waals surface area contributed by atoms with Gasteiger partial charge < -0.3 is 14.6 Å². The zero-order valence-electron chi connectivity index (χ0n) is 14.2. The number of nitrogens with zero attached hydrogens (tertiary/aromatic N) is 1. The molecular weight excluding hydrogens is 321 g/mol. The summed E-state index contributed by atoms with van der Waals surface area (Å²) in [6, 6.07) is 32.7. The molecule has 0 bridgehead atoms.